The Morgan fingerprint density at radius 1 is 1.21 bits per heavy atom. The van der Waals surface area contributed by atoms with Gasteiger partial charge in [0.05, 0.1) is 6.61 Å². The zero-order chi connectivity index (χ0) is 16.9. The number of carbonyl (C=O) groups is 1. The largest absolute Gasteiger partial charge is 0.477 e. The van der Waals surface area contributed by atoms with Gasteiger partial charge in [-0.15, -0.1) is 0 Å². The van der Waals surface area contributed by atoms with Crippen LogP contribution in [-0.4, -0.2) is 45.5 Å². The van der Waals surface area contributed by atoms with Gasteiger partial charge in [-0.05, 0) is 44.7 Å². The molecule has 0 radical (unpaired) electrons. The smallest absolute Gasteiger partial charge is 0.253 e. The van der Waals surface area contributed by atoms with E-state index in [0.29, 0.717) is 24.0 Å². The Bertz CT molecular complexity index is 697. The van der Waals surface area contributed by atoms with Crippen molar-refractivity contribution in [2.45, 2.75) is 26.7 Å². The molecule has 6 nitrogen and oxygen atoms in total. The van der Waals surface area contributed by atoms with Crippen molar-refractivity contribution in [2.75, 3.05) is 19.7 Å². The molecule has 1 fully saturated rings. The molecule has 1 amide bonds. The normalized spacial score (nSPS) is 15.3. The second-order valence-electron chi connectivity index (χ2n) is 6.17. The maximum Gasteiger partial charge on any atom is 0.253 e. The van der Waals surface area contributed by atoms with Crippen LogP contribution in [0.15, 0.2) is 30.9 Å². The molecule has 2 aromatic rings. The lowest BCUT2D eigenvalue weighted by Crippen LogP contribution is -2.39. The number of likely N-dealkylation sites (tertiary alicyclic amines) is 1. The van der Waals surface area contributed by atoms with Crippen LogP contribution in [0.25, 0.3) is 0 Å². The van der Waals surface area contributed by atoms with Crippen LogP contribution in [0.3, 0.4) is 0 Å². The number of pyridine rings is 1. The molecule has 3 rings (SSSR count). The minimum absolute atomic E-state index is 0.0824. The number of amides is 1. The van der Waals surface area contributed by atoms with Crippen molar-refractivity contribution in [2.24, 2.45) is 5.92 Å². The number of aromatic nitrogens is 3. The summed E-state index contributed by atoms with van der Waals surface area (Å²) in [7, 11) is 0. The van der Waals surface area contributed by atoms with Crippen LogP contribution in [0.1, 0.15) is 34.5 Å². The molecule has 3 heterocycles. The van der Waals surface area contributed by atoms with E-state index in [2.05, 4.69) is 15.0 Å². The van der Waals surface area contributed by atoms with Crippen LogP contribution < -0.4 is 4.74 Å². The summed E-state index contributed by atoms with van der Waals surface area (Å²) in [6, 6.07) is 3.52. The number of hydrogen-bond donors (Lipinski definition) is 0. The average Bonchev–Trinajstić information content (AvgIpc) is 2.63. The summed E-state index contributed by atoms with van der Waals surface area (Å²) in [6.45, 7) is 6.08. The van der Waals surface area contributed by atoms with Crippen LogP contribution in [0.5, 0.6) is 5.88 Å². The van der Waals surface area contributed by atoms with Crippen LogP contribution in [-0.2, 0) is 0 Å². The van der Waals surface area contributed by atoms with Gasteiger partial charge in [0, 0.05) is 42.3 Å². The molecule has 1 saturated heterocycles. The molecule has 0 N–H and O–H groups in total. The number of hydrogen-bond acceptors (Lipinski definition) is 5. The van der Waals surface area contributed by atoms with Gasteiger partial charge in [-0.25, -0.2) is 9.97 Å². The Morgan fingerprint density at radius 2 is 1.92 bits per heavy atom. The van der Waals surface area contributed by atoms with E-state index in [1.54, 1.807) is 24.5 Å². The van der Waals surface area contributed by atoms with Crippen molar-refractivity contribution in [1.82, 2.24) is 19.9 Å². The minimum atomic E-state index is 0.0824. The molecule has 0 bridgehead atoms. The lowest BCUT2D eigenvalue weighted by molar-refractivity contribution is 0.0659. The summed E-state index contributed by atoms with van der Waals surface area (Å²) in [5.41, 5.74) is 2.63. The molecule has 126 valence electrons. The molecular formula is C18H22N4O2. The van der Waals surface area contributed by atoms with Crippen molar-refractivity contribution < 1.29 is 9.53 Å². The second-order valence-corrected chi connectivity index (χ2v) is 6.17. The van der Waals surface area contributed by atoms with Crippen molar-refractivity contribution in [1.29, 1.82) is 0 Å². The van der Waals surface area contributed by atoms with Crippen molar-refractivity contribution >= 4 is 5.91 Å². The van der Waals surface area contributed by atoms with Gasteiger partial charge in [0.25, 0.3) is 5.91 Å². The molecule has 6 heteroatoms. The summed E-state index contributed by atoms with van der Waals surface area (Å²) < 4.78 is 5.87. The van der Waals surface area contributed by atoms with Crippen molar-refractivity contribution in [3.8, 4) is 5.88 Å². The van der Waals surface area contributed by atoms with Crippen molar-refractivity contribution in [3.63, 3.8) is 0 Å². The molecule has 0 saturated carbocycles. The van der Waals surface area contributed by atoms with E-state index in [-0.39, 0.29) is 5.91 Å². The fourth-order valence-electron chi connectivity index (χ4n) is 2.84. The van der Waals surface area contributed by atoms with Gasteiger partial charge >= 0.3 is 0 Å². The van der Waals surface area contributed by atoms with Crippen molar-refractivity contribution in [3.05, 3.63) is 47.7 Å². The fraction of sp³-hybridized carbons (Fsp3) is 0.444. The van der Waals surface area contributed by atoms with Gasteiger partial charge in [-0.3, -0.25) is 9.78 Å². The Morgan fingerprint density at radius 3 is 2.62 bits per heavy atom. The predicted octanol–water partition coefficient (Wildman–Crippen LogP) is 2.42. The maximum atomic E-state index is 12.4. The molecular weight excluding hydrogens is 304 g/mol. The lowest BCUT2D eigenvalue weighted by atomic mass is 9.97. The molecule has 24 heavy (non-hydrogen) atoms. The fourth-order valence-corrected chi connectivity index (χ4v) is 2.84. The minimum Gasteiger partial charge on any atom is -0.477 e. The van der Waals surface area contributed by atoms with E-state index in [1.807, 2.05) is 18.7 Å². The van der Waals surface area contributed by atoms with E-state index < -0.39 is 0 Å². The highest BCUT2D eigenvalue weighted by atomic mass is 16.5. The van der Waals surface area contributed by atoms with Gasteiger partial charge in [0.1, 0.15) is 6.33 Å². The topological polar surface area (TPSA) is 68.2 Å². The third kappa shape index (κ3) is 3.69. The van der Waals surface area contributed by atoms with Crippen LogP contribution >= 0.6 is 0 Å². The predicted molar refractivity (Wildman–Crippen MR) is 89.9 cm³/mol. The first-order valence-electron chi connectivity index (χ1n) is 8.25. The van der Waals surface area contributed by atoms with Gasteiger partial charge in [-0.2, -0.15) is 0 Å². The molecule has 0 aromatic carbocycles. The van der Waals surface area contributed by atoms with E-state index in [9.17, 15) is 4.79 Å². The Kier molecular flexibility index (Phi) is 5.03. The summed E-state index contributed by atoms with van der Waals surface area (Å²) in [4.78, 5) is 26.6. The Balaban J connectivity index is 1.50. The van der Waals surface area contributed by atoms with E-state index in [0.717, 1.165) is 37.2 Å². The first kappa shape index (κ1) is 16.4. The van der Waals surface area contributed by atoms with E-state index >= 15 is 0 Å². The molecule has 1 aliphatic rings. The number of aryl methyl sites for hydroxylation is 1. The van der Waals surface area contributed by atoms with Gasteiger partial charge in [0.2, 0.25) is 5.88 Å². The van der Waals surface area contributed by atoms with Crippen LogP contribution in [0.2, 0.25) is 0 Å². The molecule has 2 aromatic heterocycles. The first-order valence-corrected chi connectivity index (χ1v) is 8.25. The summed E-state index contributed by atoms with van der Waals surface area (Å²) >= 11 is 0. The standard InChI is InChI=1S/C18H22N4O2/c1-13-14(2)20-12-21-17(13)24-11-15-5-9-22(10-6-15)18(23)16-3-7-19-8-4-16/h3-4,7-8,12,15H,5-6,9-11H2,1-2H3. The average molecular weight is 326 g/mol. The monoisotopic (exact) mass is 326 g/mol. The SMILES string of the molecule is Cc1ncnc(OCC2CCN(C(=O)c3ccncc3)CC2)c1C. The Hall–Kier alpha value is -2.50. The highest BCUT2D eigenvalue weighted by Gasteiger charge is 2.24. The molecule has 1 aliphatic heterocycles. The first-order chi connectivity index (χ1) is 11.6. The third-order valence-electron chi connectivity index (χ3n) is 4.57. The van der Waals surface area contributed by atoms with Gasteiger partial charge in [-0.1, -0.05) is 0 Å². The third-order valence-corrected chi connectivity index (χ3v) is 4.57. The zero-order valence-corrected chi connectivity index (χ0v) is 14.1. The summed E-state index contributed by atoms with van der Waals surface area (Å²) in [6.07, 6.45) is 6.73. The highest BCUT2D eigenvalue weighted by Crippen LogP contribution is 2.22. The quantitative estimate of drug-likeness (QED) is 0.863. The van der Waals surface area contributed by atoms with Gasteiger partial charge < -0.3 is 9.64 Å². The van der Waals surface area contributed by atoms with E-state index in [4.69, 9.17) is 4.74 Å². The number of rotatable bonds is 4. The molecule has 0 atom stereocenters. The highest BCUT2D eigenvalue weighted by molar-refractivity contribution is 5.94. The summed E-state index contributed by atoms with van der Waals surface area (Å²) in [5, 5.41) is 0. The van der Waals surface area contributed by atoms with E-state index in [1.165, 1.54) is 6.33 Å². The second kappa shape index (κ2) is 7.38. The number of nitrogens with zero attached hydrogens (tertiary/aromatic N) is 4. The number of ether oxygens (including phenoxy) is 1. The molecule has 0 unspecified atom stereocenters. The zero-order valence-electron chi connectivity index (χ0n) is 14.1. The maximum absolute atomic E-state index is 12.4. The number of piperidine rings is 1. The molecule has 0 spiro atoms. The van der Waals surface area contributed by atoms with Gasteiger partial charge in [0.15, 0.2) is 0 Å². The van der Waals surface area contributed by atoms with Crippen LogP contribution in [0, 0.1) is 19.8 Å². The molecule has 0 aliphatic carbocycles. The van der Waals surface area contributed by atoms with Crippen LogP contribution in [0.4, 0.5) is 0 Å². The summed E-state index contributed by atoms with van der Waals surface area (Å²) in [5.74, 6) is 1.19. The number of carbonyl (C=O) groups excluding carboxylic acids is 1. The Labute approximate surface area is 141 Å². The lowest BCUT2D eigenvalue weighted by Gasteiger charge is -2.32.